The molecular weight excluding hydrogens is 304 g/mol. The van der Waals surface area contributed by atoms with E-state index < -0.39 is 23.3 Å². The second-order valence-corrected chi connectivity index (χ2v) is 5.03. The number of rotatable bonds is 4. The molecule has 1 aromatic heterocycles. The minimum absolute atomic E-state index is 0.110. The quantitative estimate of drug-likeness (QED) is 0.631. The molecule has 0 unspecified atom stereocenters. The maximum Gasteiger partial charge on any atom is 0.383 e. The average molecular weight is 320 g/mol. The van der Waals surface area contributed by atoms with Gasteiger partial charge in [0.1, 0.15) is 0 Å². The van der Waals surface area contributed by atoms with Crippen molar-refractivity contribution < 1.29 is 28.2 Å². The standard InChI is InChI=1S/C16H16O7/c1-8(2)20-12-7-5-6-11-13(12)23-16(19)15(22-10(4)18)14(11)21-9(3)17/h5-8H,1-4H3. The van der Waals surface area contributed by atoms with Crippen molar-refractivity contribution in [1.29, 1.82) is 0 Å². The normalized spacial score (nSPS) is 10.7. The Morgan fingerprint density at radius 2 is 1.65 bits per heavy atom. The number of fused-ring (bicyclic) bond motifs is 1. The molecule has 0 fully saturated rings. The first-order valence-electron chi connectivity index (χ1n) is 6.93. The van der Waals surface area contributed by atoms with Crippen molar-refractivity contribution in [2.45, 2.75) is 33.8 Å². The van der Waals surface area contributed by atoms with Crippen LogP contribution in [-0.2, 0) is 9.59 Å². The van der Waals surface area contributed by atoms with Crippen LogP contribution in [0.2, 0.25) is 0 Å². The zero-order chi connectivity index (χ0) is 17.1. The van der Waals surface area contributed by atoms with Crippen molar-refractivity contribution >= 4 is 22.9 Å². The summed E-state index contributed by atoms with van der Waals surface area (Å²) in [5.41, 5.74) is -0.831. The second-order valence-electron chi connectivity index (χ2n) is 5.03. The molecule has 0 amide bonds. The molecule has 2 rings (SSSR count). The van der Waals surface area contributed by atoms with E-state index in [0.29, 0.717) is 5.75 Å². The van der Waals surface area contributed by atoms with E-state index in [2.05, 4.69) is 0 Å². The van der Waals surface area contributed by atoms with Crippen LogP contribution in [0.3, 0.4) is 0 Å². The molecule has 1 heterocycles. The SMILES string of the molecule is CC(=O)Oc1c(OC(C)=O)c2cccc(OC(C)C)c2oc1=O. The van der Waals surface area contributed by atoms with E-state index in [1.54, 1.807) is 18.2 Å². The monoisotopic (exact) mass is 320 g/mol. The maximum atomic E-state index is 12.1. The number of carbonyl (C=O) groups excluding carboxylic acids is 2. The van der Waals surface area contributed by atoms with Crippen LogP contribution in [0, 0.1) is 0 Å². The molecule has 1 aromatic carbocycles. The predicted octanol–water partition coefficient (Wildman–Crippen LogP) is 2.43. The molecule has 23 heavy (non-hydrogen) atoms. The number of hydrogen-bond acceptors (Lipinski definition) is 7. The molecule has 2 aromatic rings. The Labute approximate surface area is 131 Å². The molecule has 0 saturated heterocycles. The Bertz CT molecular complexity index is 817. The van der Waals surface area contributed by atoms with Gasteiger partial charge in [-0.15, -0.1) is 0 Å². The van der Waals surface area contributed by atoms with Gasteiger partial charge in [0.05, 0.1) is 11.5 Å². The van der Waals surface area contributed by atoms with Gasteiger partial charge in [-0.2, -0.15) is 0 Å². The van der Waals surface area contributed by atoms with Crippen LogP contribution < -0.4 is 19.8 Å². The third kappa shape index (κ3) is 3.68. The van der Waals surface area contributed by atoms with E-state index in [4.69, 9.17) is 18.6 Å². The fourth-order valence-corrected chi connectivity index (χ4v) is 1.98. The molecule has 0 radical (unpaired) electrons. The molecule has 0 N–H and O–H groups in total. The van der Waals surface area contributed by atoms with Crippen molar-refractivity contribution in [3.05, 3.63) is 28.6 Å². The van der Waals surface area contributed by atoms with Crippen molar-refractivity contribution in [1.82, 2.24) is 0 Å². The number of para-hydroxylation sites is 1. The van der Waals surface area contributed by atoms with Gasteiger partial charge in [0.2, 0.25) is 0 Å². The summed E-state index contributed by atoms with van der Waals surface area (Å²) < 4.78 is 20.7. The van der Waals surface area contributed by atoms with Crippen molar-refractivity contribution in [2.24, 2.45) is 0 Å². The van der Waals surface area contributed by atoms with Crippen LogP contribution in [0.4, 0.5) is 0 Å². The fraction of sp³-hybridized carbons (Fsp3) is 0.312. The Hall–Kier alpha value is -2.83. The molecule has 7 nitrogen and oxygen atoms in total. The summed E-state index contributed by atoms with van der Waals surface area (Å²) in [6.45, 7) is 5.93. The summed E-state index contributed by atoms with van der Waals surface area (Å²) >= 11 is 0. The van der Waals surface area contributed by atoms with Crippen LogP contribution in [0.1, 0.15) is 27.7 Å². The van der Waals surface area contributed by atoms with Crippen LogP contribution in [0.5, 0.6) is 17.2 Å². The highest BCUT2D eigenvalue weighted by Crippen LogP contribution is 2.37. The lowest BCUT2D eigenvalue weighted by Gasteiger charge is -2.14. The van der Waals surface area contributed by atoms with Gasteiger partial charge >= 0.3 is 17.6 Å². The van der Waals surface area contributed by atoms with E-state index in [9.17, 15) is 14.4 Å². The number of benzene rings is 1. The maximum absolute atomic E-state index is 12.1. The van der Waals surface area contributed by atoms with Crippen molar-refractivity contribution in [3.8, 4) is 17.2 Å². The van der Waals surface area contributed by atoms with Crippen LogP contribution in [0.15, 0.2) is 27.4 Å². The molecule has 0 aliphatic rings. The highest BCUT2D eigenvalue weighted by Gasteiger charge is 2.23. The molecule has 0 atom stereocenters. The van der Waals surface area contributed by atoms with Crippen molar-refractivity contribution in [2.75, 3.05) is 0 Å². The highest BCUT2D eigenvalue weighted by atomic mass is 16.6. The summed E-state index contributed by atoms with van der Waals surface area (Å²) in [6.07, 6.45) is -0.156. The minimum atomic E-state index is -0.941. The van der Waals surface area contributed by atoms with Gasteiger partial charge in [-0.05, 0) is 26.0 Å². The number of hydrogen-bond donors (Lipinski definition) is 0. The van der Waals surface area contributed by atoms with E-state index >= 15 is 0 Å². The predicted molar refractivity (Wildman–Crippen MR) is 80.9 cm³/mol. The molecule has 0 aliphatic carbocycles. The van der Waals surface area contributed by atoms with Gasteiger partial charge in [-0.25, -0.2) is 4.79 Å². The third-order valence-corrected chi connectivity index (χ3v) is 2.66. The Kier molecular flexibility index (Phi) is 4.68. The zero-order valence-corrected chi connectivity index (χ0v) is 13.2. The average Bonchev–Trinajstić information content (AvgIpc) is 2.42. The topological polar surface area (TPSA) is 92.0 Å². The summed E-state index contributed by atoms with van der Waals surface area (Å²) in [5, 5.41) is 0.286. The molecule has 0 bridgehead atoms. The number of esters is 2. The largest absolute Gasteiger partial charge is 0.487 e. The first kappa shape index (κ1) is 16.5. The van der Waals surface area contributed by atoms with Crippen LogP contribution in [-0.4, -0.2) is 18.0 Å². The van der Waals surface area contributed by atoms with Gasteiger partial charge < -0.3 is 18.6 Å². The third-order valence-electron chi connectivity index (χ3n) is 2.66. The van der Waals surface area contributed by atoms with Crippen molar-refractivity contribution in [3.63, 3.8) is 0 Å². The van der Waals surface area contributed by atoms with Crippen LogP contribution in [0.25, 0.3) is 11.0 Å². The van der Waals surface area contributed by atoms with E-state index in [1.807, 2.05) is 13.8 Å². The molecule has 7 heteroatoms. The second kappa shape index (κ2) is 6.51. The van der Waals surface area contributed by atoms with Crippen LogP contribution >= 0.6 is 0 Å². The van der Waals surface area contributed by atoms with Gasteiger partial charge in [0, 0.05) is 13.8 Å². The first-order valence-corrected chi connectivity index (χ1v) is 6.93. The summed E-state index contributed by atoms with van der Waals surface area (Å²) in [7, 11) is 0. The molecule has 122 valence electrons. The van der Waals surface area contributed by atoms with E-state index in [-0.39, 0.29) is 22.8 Å². The molecule has 0 spiro atoms. The van der Waals surface area contributed by atoms with Gasteiger partial charge in [0.25, 0.3) is 5.75 Å². The fourth-order valence-electron chi connectivity index (χ4n) is 1.98. The number of ether oxygens (including phenoxy) is 3. The van der Waals surface area contributed by atoms with Gasteiger partial charge in [-0.3, -0.25) is 9.59 Å². The zero-order valence-electron chi connectivity index (χ0n) is 13.2. The Balaban J connectivity index is 2.78. The van der Waals surface area contributed by atoms with Gasteiger partial charge in [-0.1, -0.05) is 6.07 Å². The Morgan fingerprint density at radius 3 is 2.22 bits per heavy atom. The summed E-state index contributed by atoms with van der Waals surface area (Å²) in [6, 6.07) is 4.83. The first-order chi connectivity index (χ1) is 10.8. The lowest BCUT2D eigenvalue weighted by atomic mass is 10.2. The van der Waals surface area contributed by atoms with Gasteiger partial charge in [0.15, 0.2) is 17.1 Å². The lowest BCUT2D eigenvalue weighted by molar-refractivity contribution is -0.134. The minimum Gasteiger partial charge on any atom is -0.487 e. The highest BCUT2D eigenvalue weighted by molar-refractivity contribution is 5.92. The van der Waals surface area contributed by atoms with E-state index in [1.165, 1.54) is 6.92 Å². The number of carbonyl (C=O) groups is 2. The lowest BCUT2D eigenvalue weighted by Crippen LogP contribution is -2.15. The molecule has 0 aliphatic heterocycles. The summed E-state index contributed by atoms with van der Waals surface area (Å²) in [5.74, 6) is -1.73. The summed E-state index contributed by atoms with van der Waals surface area (Å²) in [4.78, 5) is 34.6. The smallest absolute Gasteiger partial charge is 0.383 e. The molecular formula is C16H16O7. The Morgan fingerprint density at radius 1 is 1.04 bits per heavy atom. The molecule has 0 saturated carbocycles. The van der Waals surface area contributed by atoms with E-state index in [0.717, 1.165) is 6.92 Å².